The van der Waals surface area contributed by atoms with Gasteiger partial charge in [-0.05, 0) is 32.1 Å². The Hall–Kier alpha value is -1.46. The minimum atomic E-state index is -0.216. The molecule has 0 aromatic heterocycles. The second kappa shape index (κ2) is 9.44. The summed E-state index contributed by atoms with van der Waals surface area (Å²) < 4.78 is 13.3. The number of rotatable bonds is 9. The summed E-state index contributed by atoms with van der Waals surface area (Å²) >= 11 is 0. The predicted octanol–water partition coefficient (Wildman–Crippen LogP) is 1.03. The smallest absolute Gasteiger partial charge is 0.221 e. The molecule has 1 aromatic carbocycles. The maximum Gasteiger partial charge on any atom is 0.221 e. The first-order valence-corrected chi connectivity index (χ1v) is 6.95. The molecule has 5 heteroatoms. The van der Waals surface area contributed by atoms with Crippen LogP contribution < -0.4 is 10.6 Å². The van der Waals surface area contributed by atoms with E-state index in [4.69, 9.17) is 0 Å². The monoisotopic (exact) mass is 281 g/mol. The van der Waals surface area contributed by atoms with E-state index in [1.807, 2.05) is 14.1 Å². The number of nitrogens with one attached hydrogen (secondary N) is 2. The van der Waals surface area contributed by atoms with Gasteiger partial charge in [0.1, 0.15) is 5.82 Å². The summed E-state index contributed by atoms with van der Waals surface area (Å²) in [4.78, 5) is 13.6. The Kier molecular flexibility index (Phi) is 7.84. The van der Waals surface area contributed by atoms with Gasteiger partial charge in [-0.3, -0.25) is 4.79 Å². The lowest BCUT2D eigenvalue weighted by atomic mass is 10.1. The molecule has 0 aliphatic rings. The lowest BCUT2D eigenvalue weighted by Crippen LogP contribution is -2.32. The zero-order chi connectivity index (χ0) is 14.8. The van der Waals surface area contributed by atoms with Gasteiger partial charge in [0, 0.05) is 32.6 Å². The molecule has 0 spiro atoms. The van der Waals surface area contributed by atoms with Gasteiger partial charge in [-0.15, -0.1) is 0 Å². The number of nitrogens with zero attached hydrogens (tertiary/aromatic N) is 1. The Labute approximate surface area is 120 Å². The Balaban J connectivity index is 2.07. The SMILES string of the molecule is CN(C)CCNCCC(=O)NCCc1ccccc1F. The summed E-state index contributed by atoms with van der Waals surface area (Å²) in [7, 11) is 4.02. The zero-order valence-electron chi connectivity index (χ0n) is 12.3. The Morgan fingerprint density at radius 3 is 2.65 bits per heavy atom. The van der Waals surface area contributed by atoms with Gasteiger partial charge in [-0.25, -0.2) is 4.39 Å². The van der Waals surface area contributed by atoms with Crippen LogP contribution in [0.5, 0.6) is 0 Å². The van der Waals surface area contributed by atoms with Crippen molar-refractivity contribution in [3.05, 3.63) is 35.6 Å². The Morgan fingerprint density at radius 1 is 1.20 bits per heavy atom. The van der Waals surface area contributed by atoms with Crippen LogP contribution in [0.1, 0.15) is 12.0 Å². The zero-order valence-corrected chi connectivity index (χ0v) is 12.3. The average molecular weight is 281 g/mol. The van der Waals surface area contributed by atoms with Crippen molar-refractivity contribution in [2.24, 2.45) is 0 Å². The normalized spacial score (nSPS) is 10.8. The topological polar surface area (TPSA) is 44.4 Å². The lowest BCUT2D eigenvalue weighted by molar-refractivity contribution is -0.120. The molecule has 0 saturated carbocycles. The van der Waals surface area contributed by atoms with E-state index in [1.54, 1.807) is 18.2 Å². The summed E-state index contributed by atoms with van der Waals surface area (Å²) in [5, 5.41) is 6.00. The third kappa shape index (κ3) is 7.21. The van der Waals surface area contributed by atoms with Crippen molar-refractivity contribution in [2.75, 3.05) is 40.3 Å². The number of hydrogen-bond acceptors (Lipinski definition) is 3. The van der Waals surface area contributed by atoms with E-state index >= 15 is 0 Å². The van der Waals surface area contributed by atoms with Gasteiger partial charge < -0.3 is 15.5 Å². The summed E-state index contributed by atoms with van der Waals surface area (Å²) in [6, 6.07) is 6.64. The minimum absolute atomic E-state index is 0.00121. The van der Waals surface area contributed by atoms with Crippen LogP contribution in [0.4, 0.5) is 4.39 Å². The average Bonchev–Trinajstić information content (AvgIpc) is 2.40. The van der Waals surface area contributed by atoms with Crippen LogP contribution in [-0.4, -0.2) is 51.1 Å². The number of benzene rings is 1. The molecule has 1 rings (SSSR count). The molecule has 0 atom stereocenters. The molecule has 0 heterocycles. The summed E-state index contributed by atoms with van der Waals surface area (Å²) in [6.45, 7) is 2.96. The highest BCUT2D eigenvalue weighted by atomic mass is 19.1. The number of hydrogen-bond donors (Lipinski definition) is 2. The number of halogens is 1. The van der Waals surface area contributed by atoms with Gasteiger partial charge in [-0.2, -0.15) is 0 Å². The fourth-order valence-corrected chi connectivity index (χ4v) is 1.76. The summed E-state index contributed by atoms with van der Waals surface area (Å²) in [5.41, 5.74) is 0.636. The largest absolute Gasteiger partial charge is 0.356 e. The molecule has 20 heavy (non-hydrogen) atoms. The van der Waals surface area contributed by atoms with Crippen LogP contribution in [0.3, 0.4) is 0 Å². The molecule has 1 amide bonds. The van der Waals surface area contributed by atoms with Crippen LogP contribution in [0.25, 0.3) is 0 Å². The van der Waals surface area contributed by atoms with Gasteiger partial charge in [-0.1, -0.05) is 18.2 Å². The first kappa shape index (κ1) is 16.6. The van der Waals surface area contributed by atoms with E-state index in [9.17, 15) is 9.18 Å². The highest BCUT2D eigenvalue weighted by Gasteiger charge is 2.03. The molecular formula is C15H24FN3O. The van der Waals surface area contributed by atoms with Crippen molar-refractivity contribution in [3.8, 4) is 0 Å². The van der Waals surface area contributed by atoms with Crippen molar-refractivity contribution in [3.63, 3.8) is 0 Å². The third-order valence-corrected chi connectivity index (χ3v) is 2.94. The second-order valence-corrected chi connectivity index (χ2v) is 4.99. The third-order valence-electron chi connectivity index (χ3n) is 2.94. The minimum Gasteiger partial charge on any atom is -0.356 e. The molecule has 112 valence electrons. The van der Waals surface area contributed by atoms with Crippen LogP contribution in [-0.2, 0) is 11.2 Å². The van der Waals surface area contributed by atoms with Gasteiger partial charge in [0.15, 0.2) is 0 Å². The van der Waals surface area contributed by atoms with Crippen molar-refractivity contribution in [2.45, 2.75) is 12.8 Å². The molecule has 0 unspecified atom stereocenters. The summed E-state index contributed by atoms with van der Waals surface area (Å²) in [6.07, 6.45) is 0.969. The Morgan fingerprint density at radius 2 is 1.95 bits per heavy atom. The fraction of sp³-hybridized carbons (Fsp3) is 0.533. The van der Waals surface area contributed by atoms with Gasteiger partial charge in [0.25, 0.3) is 0 Å². The highest BCUT2D eigenvalue weighted by molar-refractivity contribution is 5.76. The van der Waals surface area contributed by atoms with Crippen molar-refractivity contribution in [1.82, 2.24) is 15.5 Å². The molecule has 0 aliphatic heterocycles. The standard InChI is InChI=1S/C15H24FN3O/c1-19(2)12-11-17-9-8-15(20)18-10-7-13-5-3-4-6-14(13)16/h3-6,17H,7-12H2,1-2H3,(H,18,20). The van der Waals surface area contributed by atoms with E-state index in [0.717, 1.165) is 13.1 Å². The van der Waals surface area contributed by atoms with Crippen LogP contribution in [0.15, 0.2) is 24.3 Å². The summed E-state index contributed by atoms with van der Waals surface area (Å²) in [5.74, 6) is -0.217. The van der Waals surface area contributed by atoms with Gasteiger partial charge >= 0.3 is 0 Å². The van der Waals surface area contributed by atoms with E-state index in [-0.39, 0.29) is 11.7 Å². The Bertz CT molecular complexity index is 410. The molecule has 2 N–H and O–H groups in total. The molecule has 0 saturated heterocycles. The van der Waals surface area contributed by atoms with Crippen molar-refractivity contribution in [1.29, 1.82) is 0 Å². The molecule has 0 bridgehead atoms. The molecule has 1 aromatic rings. The number of carbonyl (C=O) groups excluding carboxylic acids is 1. The maximum absolute atomic E-state index is 13.3. The van der Waals surface area contributed by atoms with E-state index in [0.29, 0.717) is 31.5 Å². The maximum atomic E-state index is 13.3. The van der Waals surface area contributed by atoms with E-state index < -0.39 is 0 Å². The molecule has 0 fully saturated rings. The predicted molar refractivity (Wildman–Crippen MR) is 79.2 cm³/mol. The van der Waals surface area contributed by atoms with Crippen LogP contribution >= 0.6 is 0 Å². The molecule has 0 radical (unpaired) electrons. The van der Waals surface area contributed by atoms with Crippen molar-refractivity contribution < 1.29 is 9.18 Å². The second-order valence-electron chi connectivity index (χ2n) is 4.99. The van der Waals surface area contributed by atoms with E-state index in [1.165, 1.54) is 6.07 Å². The fourth-order valence-electron chi connectivity index (χ4n) is 1.76. The number of likely N-dealkylation sites (N-methyl/N-ethyl adjacent to an activating group) is 1. The van der Waals surface area contributed by atoms with E-state index in [2.05, 4.69) is 15.5 Å². The molecule has 4 nitrogen and oxygen atoms in total. The van der Waals surface area contributed by atoms with Crippen molar-refractivity contribution >= 4 is 5.91 Å². The quantitative estimate of drug-likeness (QED) is 0.664. The number of carbonyl (C=O) groups is 1. The highest BCUT2D eigenvalue weighted by Crippen LogP contribution is 2.05. The first-order chi connectivity index (χ1) is 9.59. The molecular weight excluding hydrogens is 257 g/mol. The van der Waals surface area contributed by atoms with Gasteiger partial charge in [0.05, 0.1) is 0 Å². The van der Waals surface area contributed by atoms with Crippen LogP contribution in [0.2, 0.25) is 0 Å². The van der Waals surface area contributed by atoms with Crippen LogP contribution in [0, 0.1) is 5.82 Å². The molecule has 0 aliphatic carbocycles. The number of amides is 1. The lowest BCUT2D eigenvalue weighted by Gasteiger charge is -2.10. The first-order valence-electron chi connectivity index (χ1n) is 6.95. The van der Waals surface area contributed by atoms with Gasteiger partial charge in [0.2, 0.25) is 5.91 Å².